The van der Waals surface area contributed by atoms with Crippen LogP contribution in [-0.4, -0.2) is 90.6 Å². The summed E-state index contributed by atoms with van der Waals surface area (Å²) in [6.45, 7) is 9.85. The van der Waals surface area contributed by atoms with Crippen LogP contribution in [0.2, 0.25) is 0 Å². The van der Waals surface area contributed by atoms with Gasteiger partial charge in [0.05, 0.1) is 4.92 Å². The fraction of sp³-hybridized carbons (Fsp3) is 0.733. The lowest BCUT2D eigenvalue weighted by atomic mass is 9.85. The van der Waals surface area contributed by atoms with Crippen molar-refractivity contribution in [1.29, 1.82) is 0 Å². The SMILES string of the molecule is CN(CCC1CCN(C(=O)OC(C)(C)C)CC1)CC1CCC(N2Cc3cc([N+](=O)[O-])c(N(C)C)cc3C2=O)CC1. The van der Waals surface area contributed by atoms with Crippen molar-refractivity contribution in [3.63, 3.8) is 0 Å². The fourth-order valence-electron chi connectivity index (χ4n) is 6.46. The molecule has 4 rings (SSSR count). The number of nitro benzene ring substituents is 1. The number of carbonyl (C=O) groups excluding carboxylic acids is 2. The number of nitro groups is 1. The second-order valence-electron chi connectivity index (χ2n) is 13.2. The van der Waals surface area contributed by atoms with Crippen LogP contribution in [0.25, 0.3) is 0 Å². The van der Waals surface area contributed by atoms with Crippen LogP contribution in [0.15, 0.2) is 12.1 Å². The molecule has 1 aromatic carbocycles. The molecule has 1 saturated heterocycles. The zero-order valence-corrected chi connectivity index (χ0v) is 25.1. The van der Waals surface area contributed by atoms with E-state index in [1.165, 1.54) is 0 Å². The van der Waals surface area contributed by atoms with Crippen LogP contribution >= 0.6 is 0 Å². The molecular formula is C30H47N5O5. The van der Waals surface area contributed by atoms with Crippen LogP contribution < -0.4 is 4.90 Å². The number of rotatable bonds is 8. The van der Waals surface area contributed by atoms with Crippen LogP contribution in [0.3, 0.4) is 0 Å². The number of amides is 2. The highest BCUT2D eigenvalue weighted by atomic mass is 16.6. The quantitative estimate of drug-likeness (QED) is 0.322. The van der Waals surface area contributed by atoms with Gasteiger partial charge in [-0.2, -0.15) is 0 Å². The van der Waals surface area contributed by atoms with E-state index in [2.05, 4.69) is 11.9 Å². The number of likely N-dealkylation sites (tertiary alicyclic amines) is 1. The van der Waals surface area contributed by atoms with Gasteiger partial charge in [0.15, 0.2) is 0 Å². The highest BCUT2D eigenvalue weighted by molar-refractivity contribution is 6.00. The monoisotopic (exact) mass is 557 g/mol. The van der Waals surface area contributed by atoms with Crippen molar-refractivity contribution in [2.45, 2.75) is 83.9 Å². The molecule has 0 radical (unpaired) electrons. The summed E-state index contributed by atoms with van der Waals surface area (Å²) in [6, 6.07) is 3.47. The van der Waals surface area contributed by atoms with Crippen molar-refractivity contribution < 1.29 is 19.2 Å². The molecule has 0 spiro atoms. The van der Waals surface area contributed by atoms with Gasteiger partial charge in [0.1, 0.15) is 11.3 Å². The van der Waals surface area contributed by atoms with Gasteiger partial charge in [-0.05, 0) is 103 Å². The van der Waals surface area contributed by atoms with Crippen LogP contribution in [0.1, 0.15) is 81.6 Å². The maximum atomic E-state index is 13.3. The summed E-state index contributed by atoms with van der Waals surface area (Å²) in [5, 5.41) is 11.6. The molecule has 2 aliphatic heterocycles. The first kappa shape index (κ1) is 30.1. The molecule has 10 heteroatoms. The Balaban J connectivity index is 1.19. The lowest BCUT2D eigenvalue weighted by Crippen LogP contribution is -2.42. The number of hydrogen-bond donors (Lipinski definition) is 0. The molecule has 0 atom stereocenters. The van der Waals surface area contributed by atoms with Gasteiger partial charge in [0.25, 0.3) is 11.6 Å². The van der Waals surface area contributed by atoms with Crippen molar-refractivity contribution in [3.05, 3.63) is 33.4 Å². The zero-order chi connectivity index (χ0) is 29.2. The molecule has 10 nitrogen and oxygen atoms in total. The second kappa shape index (κ2) is 12.3. The molecule has 3 aliphatic rings. The van der Waals surface area contributed by atoms with Gasteiger partial charge in [-0.25, -0.2) is 4.79 Å². The summed E-state index contributed by atoms with van der Waals surface area (Å²) in [5.41, 5.74) is 1.44. The summed E-state index contributed by atoms with van der Waals surface area (Å²) in [4.78, 5) is 44.7. The van der Waals surface area contributed by atoms with E-state index in [1.807, 2.05) is 30.6 Å². The first-order valence-electron chi connectivity index (χ1n) is 14.8. The van der Waals surface area contributed by atoms with Gasteiger partial charge in [-0.1, -0.05) is 0 Å². The number of benzene rings is 1. The maximum absolute atomic E-state index is 13.3. The van der Waals surface area contributed by atoms with Crippen molar-refractivity contribution in [3.8, 4) is 0 Å². The molecule has 40 heavy (non-hydrogen) atoms. The highest BCUT2D eigenvalue weighted by Gasteiger charge is 2.37. The topological polar surface area (TPSA) is 99.5 Å². The largest absolute Gasteiger partial charge is 0.444 e. The minimum atomic E-state index is -0.454. The van der Waals surface area contributed by atoms with E-state index in [4.69, 9.17) is 4.74 Å². The lowest BCUT2D eigenvalue weighted by molar-refractivity contribution is -0.384. The average molecular weight is 558 g/mol. The summed E-state index contributed by atoms with van der Waals surface area (Å²) >= 11 is 0. The normalized spacial score (nSPS) is 22.0. The molecule has 0 bridgehead atoms. The molecule has 222 valence electrons. The van der Waals surface area contributed by atoms with Crippen molar-refractivity contribution in [2.75, 3.05) is 52.2 Å². The zero-order valence-electron chi connectivity index (χ0n) is 25.1. The number of hydrogen-bond acceptors (Lipinski definition) is 7. The molecule has 2 fully saturated rings. The van der Waals surface area contributed by atoms with Crippen LogP contribution in [0.5, 0.6) is 0 Å². The Hall–Kier alpha value is -2.88. The minimum Gasteiger partial charge on any atom is -0.444 e. The number of fused-ring (bicyclic) bond motifs is 1. The molecular weight excluding hydrogens is 510 g/mol. The van der Waals surface area contributed by atoms with Crippen molar-refractivity contribution in [1.82, 2.24) is 14.7 Å². The maximum Gasteiger partial charge on any atom is 0.410 e. The number of carbonyl (C=O) groups is 2. The molecule has 2 amide bonds. The number of piperidine rings is 1. The second-order valence-corrected chi connectivity index (χ2v) is 13.2. The number of anilines is 1. The average Bonchev–Trinajstić information content (AvgIpc) is 3.21. The summed E-state index contributed by atoms with van der Waals surface area (Å²) in [7, 11) is 5.73. The van der Waals surface area contributed by atoms with Crippen LogP contribution in [0, 0.1) is 22.0 Å². The molecule has 1 saturated carbocycles. The Morgan fingerprint density at radius 2 is 1.70 bits per heavy atom. The van der Waals surface area contributed by atoms with Gasteiger partial charge >= 0.3 is 6.09 Å². The Labute approximate surface area is 238 Å². The molecule has 0 N–H and O–H groups in total. The van der Waals surface area contributed by atoms with Crippen molar-refractivity contribution >= 4 is 23.4 Å². The summed E-state index contributed by atoms with van der Waals surface area (Å²) < 4.78 is 5.51. The van der Waals surface area contributed by atoms with Gasteiger partial charge in [-0.3, -0.25) is 14.9 Å². The first-order chi connectivity index (χ1) is 18.8. The first-order valence-corrected chi connectivity index (χ1v) is 14.8. The van der Waals surface area contributed by atoms with E-state index < -0.39 is 5.60 Å². The van der Waals surface area contributed by atoms with E-state index >= 15 is 0 Å². The molecule has 0 unspecified atom stereocenters. The van der Waals surface area contributed by atoms with Crippen LogP contribution in [0.4, 0.5) is 16.2 Å². The highest BCUT2D eigenvalue weighted by Crippen LogP contribution is 2.38. The molecule has 0 aromatic heterocycles. The van der Waals surface area contributed by atoms with Gasteiger partial charge in [0, 0.05) is 57.9 Å². The predicted molar refractivity (Wildman–Crippen MR) is 156 cm³/mol. The third kappa shape index (κ3) is 7.25. The fourth-order valence-corrected chi connectivity index (χ4v) is 6.46. The number of ether oxygens (including phenoxy) is 1. The third-order valence-electron chi connectivity index (χ3n) is 8.72. The number of nitrogens with zero attached hydrogens (tertiary/aromatic N) is 5. The Kier molecular flexibility index (Phi) is 9.27. The van der Waals surface area contributed by atoms with Crippen LogP contribution in [-0.2, 0) is 11.3 Å². The Morgan fingerprint density at radius 3 is 2.27 bits per heavy atom. The van der Waals surface area contributed by atoms with Gasteiger partial charge in [0.2, 0.25) is 0 Å². The minimum absolute atomic E-state index is 0.00582. The summed E-state index contributed by atoms with van der Waals surface area (Å²) in [5.74, 6) is 1.27. The Bertz CT molecular complexity index is 1080. The van der Waals surface area contributed by atoms with Crippen molar-refractivity contribution in [2.24, 2.45) is 11.8 Å². The van der Waals surface area contributed by atoms with E-state index in [0.717, 1.165) is 76.7 Å². The van der Waals surface area contributed by atoms with Gasteiger partial charge < -0.3 is 24.3 Å². The van der Waals surface area contributed by atoms with E-state index in [9.17, 15) is 19.7 Å². The van der Waals surface area contributed by atoms with E-state index in [-0.39, 0.29) is 28.7 Å². The van der Waals surface area contributed by atoms with E-state index in [1.54, 1.807) is 31.1 Å². The molecule has 2 heterocycles. The standard InChI is InChI=1S/C30H47N5O5/c1-30(2,3)40-29(37)33-15-12-21(13-16-33)11-14-32(6)19-22-7-9-24(10-8-22)34-20-23-17-27(35(38)39)26(31(4)5)18-25(23)28(34)36/h17-18,21-22,24H,7-16,19-20H2,1-6H3. The third-order valence-corrected chi connectivity index (χ3v) is 8.72. The van der Waals surface area contributed by atoms with E-state index in [0.29, 0.717) is 29.6 Å². The predicted octanol–water partition coefficient (Wildman–Crippen LogP) is 5.14. The molecule has 1 aliphatic carbocycles. The lowest BCUT2D eigenvalue weighted by Gasteiger charge is -2.36. The van der Waals surface area contributed by atoms with Gasteiger partial charge in [-0.15, -0.1) is 0 Å². The Morgan fingerprint density at radius 1 is 1.05 bits per heavy atom. The summed E-state index contributed by atoms with van der Waals surface area (Å²) in [6.07, 6.45) is 7.15. The molecule has 1 aromatic rings. The smallest absolute Gasteiger partial charge is 0.410 e.